The van der Waals surface area contributed by atoms with Gasteiger partial charge in [-0.1, -0.05) is 12.1 Å². The van der Waals surface area contributed by atoms with Crippen LogP contribution >= 0.6 is 0 Å². The minimum Gasteiger partial charge on any atom is -0.497 e. The quantitative estimate of drug-likeness (QED) is 0.595. The molecule has 3 aromatic rings. The lowest BCUT2D eigenvalue weighted by molar-refractivity contribution is -0.137. The summed E-state index contributed by atoms with van der Waals surface area (Å²) >= 11 is 0. The number of halogens is 1. The van der Waals surface area contributed by atoms with Crippen LogP contribution in [0.15, 0.2) is 60.8 Å². The molecule has 1 unspecified atom stereocenters. The SMILES string of the molecule is COc1cccc(-c2nccc(C3CCCN3C(=O)C(C)(C)NC(=O)c3ccc(F)cc3)n2)c1. The van der Waals surface area contributed by atoms with Crippen molar-refractivity contribution in [3.8, 4) is 17.1 Å². The Balaban J connectivity index is 1.54. The number of carbonyl (C=O) groups is 2. The van der Waals surface area contributed by atoms with Crippen LogP contribution in [0.4, 0.5) is 4.39 Å². The van der Waals surface area contributed by atoms with E-state index in [2.05, 4.69) is 10.3 Å². The molecule has 1 fully saturated rings. The van der Waals surface area contributed by atoms with Gasteiger partial charge in [0.2, 0.25) is 5.91 Å². The smallest absolute Gasteiger partial charge is 0.252 e. The minimum absolute atomic E-state index is 0.202. The fourth-order valence-corrected chi connectivity index (χ4v) is 4.15. The standard InChI is InChI=1S/C26H27FN4O3/c1-26(2,30-24(32)17-9-11-19(27)12-10-17)25(33)31-15-5-8-22(31)21-13-14-28-23(29-21)18-6-4-7-20(16-18)34-3/h4,6-7,9-14,16,22H,5,8,15H2,1-3H3,(H,30,32). The van der Waals surface area contributed by atoms with Crippen molar-refractivity contribution in [1.82, 2.24) is 20.2 Å². The van der Waals surface area contributed by atoms with Crippen molar-refractivity contribution in [3.05, 3.63) is 77.9 Å². The molecule has 8 heteroatoms. The fraction of sp³-hybridized carbons (Fsp3) is 0.308. The summed E-state index contributed by atoms with van der Waals surface area (Å²) in [6, 6.07) is 14.3. The summed E-state index contributed by atoms with van der Waals surface area (Å²) in [6.45, 7) is 3.92. The first kappa shape index (κ1) is 23.4. The molecule has 0 radical (unpaired) electrons. The van der Waals surface area contributed by atoms with Crippen LogP contribution in [-0.2, 0) is 4.79 Å². The Labute approximate surface area is 198 Å². The molecule has 7 nitrogen and oxygen atoms in total. The Kier molecular flexibility index (Phi) is 6.58. The van der Waals surface area contributed by atoms with Crippen LogP contribution in [0.1, 0.15) is 48.8 Å². The zero-order chi connectivity index (χ0) is 24.3. The Morgan fingerprint density at radius 1 is 1.15 bits per heavy atom. The summed E-state index contributed by atoms with van der Waals surface area (Å²) in [5.74, 6) is 0.204. The van der Waals surface area contributed by atoms with Crippen molar-refractivity contribution in [1.29, 1.82) is 0 Å². The van der Waals surface area contributed by atoms with E-state index in [1.54, 1.807) is 32.1 Å². The van der Waals surface area contributed by atoms with Crippen molar-refractivity contribution in [2.75, 3.05) is 13.7 Å². The monoisotopic (exact) mass is 462 g/mol. The zero-order valence-corrected chi connectivity index (χ0v) is 19.4. The van der Waals surface area contributed by atoms with E-state index in [-0.39, 0.29) is 11.9 Å². The maximum Gasteiger partial charge on any atom is 0.252 e. The van der Waals surface area contributed by atoms with Gasteiger partial charge in [-0.15, -0.1) is 0 Å². The molecule has 0 aliphatic carbocycles. The average molecular weight is 463 g/mol. The van der Waals surface area contributed by atoms with Gasteiger partial charge >= 0.3 is 0 Å². The van der Waals surface area contributed by atoms with Gasteiger partial charge in [-0.05, 0) is 69.2 Å². The first-order valence-corrected chi connectivity index (χ1v) is 11.1. The van der Waals surface area contributed by atoms with Gasteiger partial charge in [0, 0.05) is 23.9 Å². The Morgan fingerprint density at radius 2 is 1.91 bits per heavy atom. The van der Waals surface area contributed by atoms with Crippen LogP contribution in [0.3, 0.4) is 0 Å². The zero-order valence-electron chi connectivity index (χ0n) is 19.4. The highest BCUT2D eigenvalue weighted by Gasteiger charge is 2.40. The molecule has 176 valence electrons. The third-order valence-corrected chi connectivity index (χ3v) is 5.93. The normalized spacial score (nSPS) is 15.8. The van der Waals surface area contributed by atoms with E-state index in [1.165, 1.54) is 24.3 Å². The summed E-state index contributed by atoms with van der Waals surface area (Å²) in [6.07, 6.45) is 3.29. The topological polar surface area (TPSA) is 84.4 Å². The van der Waals surface area contributed by atoms with Crippen LogP contribution in [-0.4, -0.2) is 45.9 Å². The number of hydrogen-bond acceptors (Lipinski definition) is 5. The number of methoxy groups -OCH3 is 1. The molecule has 4 rings (SSSR count). The van der Waals surface area contributed by atoms with E-state index in [9.17, 15) is 14.0 Å². The molecule has 2 amide bonds. The Hall–Kier alpha value is -3.81. The van der Waals surface area contributed by atoms with Crippen LogP contribution < -0.4 is 10.1 Å². The number of hydrogen-bond donors (Lipinski definition) is 1. The summed E-state index contributed by atoms with van der Waals surface area (Å²) in [4.78, 5) is 37.1. The van der Waals surface area contributed by atoms with Crippen LogP contribution in [0.5, 0.6) is 5.75 Å². The lowest BCUT2D eigenvalue weighted by Gasteiger charge is -2.33. The van der Waals surface area contributed by atoms with Crippen molar-refractivity contribution < 1.29 is 18.7 Å². The first-order valence-electron chi connectivity index (χ1n) is 11.1. The summed E-state index contributed by atoms with van der Waals surface area (Å²) < 4.78 is 18.5. The Bertz CT molecular complexity index is 1200. The van der Waals surface area contributed by atoms with Gasteiger partial charge < -0.3 is 15.0 Å². The Morgan fingerprint density at radius 3 is 2.65 bits per heavy atom. The second kappa shape index (κ2) is 9.59. The first-order chi connectivity index (χ1) is 16.3. The highest BCUT2D eigenvalue weighted by atomic mass is 19.1. The average Bonchev–Trinajstić information content (AvgIpc) is 3.33. The lowest BCUT2D eigenvalue weighted by Crippen LogP contribution is -2.55. The molecule has 1 saturated heterocycles. The molecule has 0 bridgehead atoms. The number of nitrogens with zero attached hydrogens (tertiary/aromatic N) is 3. The molecule has 1 atom stereocenters. The van der Waals surface area contributed by atoms with Crippen LogP contribution in [0, 0.1) is 5.82 Å². The molecule has 34 heavy (non-hydrogen) atoms. The second-order valence-corrected chi connectivity index (χ2v) is 8.78. The molecule has 1 aliphatic rings. The maximum atomic E-state index is 13.5. The number of aromatic nitrogens is 2. The molecule has 1 aromatic heterocycles. The molecule has 2 aromatic carbocycles. The number of amides is 2. The van der Waals surface area contributed by atoms with E-state index in [1.807, 2.05) is 30.3 Å². The van der Waals surface area contributed by atoms with Gasteiger partial charge in [-0.25, -0.2) is 14.4 Å². The minimum atomic E-state index is -1.16. The number of nitrogens with one attached hydrogen (secondary N) is 1. The molecule has 0 spiro atoms. The van der Waals surface area contributed by atoms with E-state index in [0.29, 0.717) is 23.7 Å². The number of ether oxygens (including phenoxy) is 1. The number of carbonyl (C=O) groups excluding carboxylic acids is 2. The van der Waals surface area contributed by atoms with Gasteiger partial charge in [0.1, 0.15) is 17.1 Å². The number of benzene rings is 2. The lowest BCUT2D eigenvalue weighted by atomic mass is 10.0. The summed E-state index contributed by atoms with van der Waals surface area (Å²) in [7, 11) is 1.61. The van der Waals surface area contributed by atoms with E-state index >= 15 is 0 Å². The summed E-state index contributed by atoms with van der Waals surface area (Å²) in [5, 5.41) is 2.79. The molecular weight excluding hydrogens is 435 g/mol. The number of rotatable bonds is 6. The third kappa shape index (κ3) is 4.90. The highest BCUT2D eigenvalue weighted by Crippen LogP contribution is 2.33. The predicted molar refractivity (Wildman–Crippen MR) is 126 cm³/mol. The van der Waals surface area contributed by atoms with Gasteiger partial charge in [0.25, 0.3) is 5.91 Å². The molecule has 0 saturated carbocycles. The van der Waals surface area contributed by atoms with Crippen molar-refractivity contribution >= 4 is 11.8 Å². The fourth-order valence-electron chi connectivity index (χ4n) is 4.15. The second-order valence-electron chi connectivity index (χ2n) is 8.78. The van der Waals surface area contributed by atoms with E-state index < -0.39 is 17.3 Å². The van der Waals surface area contributed by atoms with E-state index in [0.717, 1.165) is 24.1 Å². The van der Waals surface area contributed by atoms with Crippen molar-refractivity contribution in [2.24, 2.45) is 0 Å². The van der Waals surface area contributed by atoms with Gasteiger partial charge in [0.15, 0.2) is 5.82 Å². The molecular formula is C26H27FN4O3. The van der Waals surface area contributed by atoms with Crippen molar-refractivity contribution in [2.45, 2.75) is 38.3 Å². The molecule has 2 heterocycles. The van der Waals surface area contributed by atoms with Gasteiger partial charge in [0.05, 0.1) is 18.8 Å². The summed E-state index contributed by atoms with van der Waals surface area (Å²) in [5.41, 5.74) is 0.707. The molecule has 1 aliphatic heterocycles. The van der Waals surface area contributed by atoms with Gasteiger partial charge in [-0.2, -0.15) is 0 Å². The van der Waals surface area contributed by atoms with E-state index in [4.69, 9.17) is 9.72 Å². The molecule has 1 N–H and O–H groups in total. The highest BCUT2D eigenvalue weighted by molar-refractivity contribution is 5.99. The van der Waals surface area contributed by atoms with Crippen LogP contribution in [0.2, 0.25) is 0 Å². The number of likely N-dealkylation sites (tertiary alicyclic amines) is 1. The van der Waals surface area contributed by atoms with Gasteiger partial charge in [-0.3, -0.25) is 9.59 Å². The third-order valence-electron chi connectivity index (χ3n) is 5.93. The predicted octanol–water partition coefficient (Wildman–Crippen LogP) is 4.16. The maximum absolute atomic E-state index is 13.5. The largest absolute Gasteiger partial charge is 0.497 e. The van der Waals surface area contributed by atoms with Crippen molar-refractivity contribution in [3.63, 3.8) is 0 Å². The van der Waals surface area contributed by atoms with Crippen LogP contribution in [0.25, 0.3) is 11.4 Å².